The second kappa shape index (κ2) is 5.09. The number of amides is 1. The molecule has 0 aliphatic rings. The third kappa shape index (κ3) is 5.62. The molecule has 0 saturated carbocycles. The van der Waals surface area contributed by atoms with Gasteiger partial charge in [0, 0.05) is 0 Å². The molecule has 0 spiro atoms. The van der Waals surface area contributed by atoms with Crippen molar-refractivity contribution in [3.63, 3.8) is 0 Å². The third-order valence-electron chi connectivity index (χ3n) is 1.20. The SMILES string of the molecule is [NH3+][C@@H](CC(=O)NCC(=O)[O-])C(=O)[O-]. The lowest BCUT2D eigenvalue weighted by Gasteiger charge is -2.09. The van der Waals surface area contributed by atoms with Crippen molar-refractivity contribution in [1.82, 2.24) is 5.32 Å². The van der Waals surface area contributed by atoms with Gasteiger partial charge in [0.05, 0.1) is 24.9 Å². The highest BCUT2D eigenvalue weighted by molar-refractivity contribution is 5.84. The highest BCUT2D eigenvalue weighted by Crippen LogP contribution is 1.83. The van der Waals surface area contributed by atoms with Crippen LogP contribution >= 0.6 is 0 Å². The van der Waals surface area contributed by atoms with Crippen LogP contribution in [0.25, 0.3) is 0 Å². The maximum absolute atomic E-state index is 10.7. The molecule has 0 aliphatic carbocycles. The first-order chi connectivity index (χ1) is 5.93. The number of carboxylic acids is 2. The Morgan fingerprint density at radius 3 is 2.23 bits per heavy atom. The van der Waals surface area contributed by atoms with Crippen LogP contribution in [0.4, 0.5) is 0 Å². The zero-order chi connectivity index (χ0) is 10.4. The van der Waals surface area contributed by atoms with E-state index in [1.165, 1.54) is 0 Å². The van der Waals surface area contributed by atoms with Gasteiger partial charge in [0.15, 0.2) is 0 Å². The zero-order valence-corrected chi connectivity index (χ0v) is 6.74. The Morgan fingerprint density at radius 2 is 1.85 bits per heavy atom. The molecule has 0 aromatic rings. The fourth-order valence-electron chi connectivity index (χ4n) is 0.550. The Morgan fingerprint density at radius 1 is 1.31 bits per heavy atom. The maximum Gasteiger partial charge on any atom is 0.226 e. The van der Waals surface area contributed by atoms with Crippen LogP contribution in [-0.2, 0) is 14.4 Å². The van der Waals surface area contributed by atoms with Gasteiger partial charge < -0.3 is 30.9 Å². The molecular weight excluding hydrogens is 180 g/mol. The summed E-state index contributed by atoms with van der Waals surface area (Å²) < 4.78 is 0. The molecule has 7 heteroatoms. The molecule has 4 N–H and O–H groups in total. The van der Waals surface area contributed by atoms with Crippen molar-refractivity contribution in [2.45, 2.75) is 12.5 Å². The average Bonchev–Trinajstić information content (AvgIpc) is 2.00. The molecule has 0 heterocycles. The van der Waals surface area contributed by atoms with Crippen LogP contribution in [0.3, 0.4) is 0 Å². The first-order valence-corrected chi connectivity index (χ1v) is 3.44. The van der Waals surface area contributed by atoms with Crippen molar-refractivity contribution in [1.29, 1.82) is 0 Å². The average molecular weight is 189 g/mol. The molecule has 0 fully saturated rings. The molecular formula is C6H9N2O5-. The molecule has 13 heavy (non-hydrogen) atoms. The molecule has 0 saturated heterocycles. The number of carboxylic acid groups (broad SMARTS) is 2. The molecule has 0 aromatic heterocycles. The molecule has 0 bridgehead atoms. The lowest BCUT2D eigenvalue weighted by Crippen LogP contribution is -2.69. The van der Waals surface area contributed by atoms with Gasteiger partial charge in [0.25, 0.3) is 0 Å². The summed E-state index contributed by atoms with van der Waals surface area (Å²) in [4.78, 5) is 30.7. The van der Waals surface area contributed by atoms with Crippen LogP contribution in [0.1, 0.15) is 6.42 Å². The maximum atomic E-state index is 10.7. The Balaban J connectivity index is 3.74. The second-order valence-electron chi connectivity index (χ2n) is 2.37. The van der Waals surface area contributed by atoms with E-state index in [0.717, 1.165) is 0 Å². The van der Waals surface area contributed by atoms with Gasteiger partial charge in [0.2, 0.25) is 5.91 Å². The number of hydrogen-bond donors (Lipinski definition) is 2. The van der Waals surface area contributed by atoms with E-state index >= 15 is 0 Å². The second-order valence-corrected chi connectivity index (χ2v) is 2.37. The summed E-state index contributed by atoms with van der Waals surface area (Å²) in [6.45, 7) is -0.640. The quantitative estimate of drug-likeness (QED) is 0.444. The topological polar surface area (TPSA) is 137 Å². The van der Waals surface area contributed by atoms with Gasteiger partial charge in [-0.3, -0.25) is 4.79 Å². The van der Waals surface area contributed by atoms with Crippen LogP contribution < -0.4 is 21.3 Å². The van der Waals surface area contributed by atoms with E-state index in [1.807, 2.05) is 5.32 Å². The number of aliphatic carboxylic acids is 2. The van der Waals surface area contributed by atoms with E-state index in [2.05, 4.69) is 5.73 Å². The highest BCUT2D eigenvalue weighted by atomic mass is 16.4. The normalized spacial score (nSPS) is 11.8. The van der Waals surface area contributed by atoms with Crippen molar-refractivity contribution in [2.24, 2.45) is 0 Å². The Kier molecular flexibility index (Phi) is 4.45. The number of quaternary nitrogens is 1. The van der Waals surface area contributed by atoms with Crippen LogP contribution in [0, 0.1) is 0 Å². The van der Waals surface area contributed by atoms with Crippen molar-refractivity contribution in [2.75, 3.05) is 6.54 Å². The zero-order valence-electron chi connectivity index (χ0n) is 6.74. The number of carbonyl (C=O) groups excluding carboxylic acids is 3. The third-order valence-corrected chi connectivity index (χ3v) is 1.20. The van der Waals surface area contributed by atoms with E-state index in [-0.39, 0.29) is 0 Å². The van der Waals surface area contributed by atoms with E-state index < -0.39 is 36.9 Å². The summed E-state index contributed by atoms with van der Waals surface area (Å²) in [6, 6.07) is -1.18. The van der Waals surface area contributed by atoms with Gasteiger partial charge >= 0.3 is 0 Å². The summed E-state index contributed by atoms with van der Waals surface area (Å²) >= 11 is 0. The van der Waals surface area contributed by atoms with Gasteiger partial charge in [-0.1, -0.05) is 0 Å². The largest absolute Gasteiger partial charge is 0.548 e. The van der Waals surface area contributed by atoms with Crippen molar-refractivity contribution >= 4 is 17.8 Å². The summed E-state index contributed by atoms with van der Waals surface area (Å²) in [5.41, 5.74) is 3.12. The Labute approximate surface area is 73.5 Å². The molecule has 0 aliphatic heterocycles. The minimum atomic E-state index is -1.45. The molecule has 1 amide bonds. The van der Waals surface area contributed by atoms with Crippen molar-refractivity contribution in [3.05, 3.63) is 0 Å². The highest BCUT2D eigenvalue weighted by Gasteiger charge is 2.12. The summed E-state index contributed by atoms with van der Waals surface area (Å²) in [5.74, 6) is -3.61. The van der Waals surface area contributed by atoms with E-state index in [1.54, 1.807) is 0 Å². The van der Waals surface area contributed by atoms with Crippen LogP contribution in [0.15, 0.2) is 0 Å². The molecule has 1 atom stereocenters. The van der Waals surface area contributed by atoms with Gasteiger partial charge in [-0.05, 0) is 0 Å². The summed E-state index contributed by atoms with van der Waals surface area (Å²) in [5, 5.41) is 21.9. The van der Waals surface area contributed by atoms with Crippen LogP contribution in [0.2, 0.25) is 0 Å². The molecule has 74 valence electrons. The minimum absolute atomic E-state index is 0.407. The lowest BCUT2D eigenvalue weighted by atomic mass is 10.2. The molecule has 0 aromatic carbocycles. The Bertz CT molecular complexity index is 227. The van der Waals surface area contributed by atoms with Crippen molar-refractivity contribution < 1.29 is 30.3 Å². The van der Waals surface area contributed by atoms with E-state index in [4.69, 9.17) is 0 Å². The number of carbonyl (C=O) groups is 3. The minimum Gasteiger partial charge on any atom is -0.548 e. The van der Waals surface area contributed by atoms with Crippen LogP contribution in [-0.4, -0.2) is 30.4 Å². The molecule has 0 radical (unpaired) electrons. The van der Waals surface area contributed by atoms with Gasteiger partial charge in [-0.25, -0.2) is 0 Å². The van der Waals surface area contributed by atoms with Gasteiger partial charge in [-0.15, -0.1) is 0 Å². The summed E-state index contributed by atoms with van der Waals surface area (Å²) in [6.07, 6.45) is -0.407. The van der Waals surface area contributed by atoms with E-state index in [9.17, 15) is 24.6 Å². The van der Waals surface area contributed by atoms with Gasteiger partial charge in [0.1, 0.15) is 6.04 Å². The molecule has 0 unspecified atom stereocenters. The molecule has 0 rings (SSSR count). The van der Waals surface area contributed by atoms with Crippen LogP contribution in [0.5, 0.6) is 0 Å². The standard InChI is InChI=1S/C6H10N2O5/c7-3(6(12)13)1-4(9)8-2-5(10)11/h3H,1-2,7H2,(H,8,9)(H,10,11)(H,12,13)/p-1/t3-/m0/s1. The summed E-state index contributed by atoms with van der Waals surface area (Å²) in [7, 11) is 0. The predicted octanol–water partition coefficient (Wildman–Crippen LogP) is -5.40. The smallest absolute Gasteiger partial charge is 0.226 e. The van der Waals surface area contributed by atoms with E-state index in [0.29, 0.717) is 0 Å². The first-order valence-electron chi connectivity index (χ1n) is 3.44. The number of hydrogen-bond acceptors (Lipinski definition) is 5. The monoisotopic (exact) mass is 189 g/mol. The fraction of sp³-hybridized carbons (Fsp3) is 0.500. The first kappa shape index (κ1) is 11.4. The fourth-order valence-corrected chi connectivity index (χ4v) is 0.550. The Hall–Kier alpha value is -1.63. The number of rotatable bonds is 5. The van der Waals surface area contributed by atoms with Crippen molar-refractivity contribution in [3.8, 4) is 0 Å². The number of nitrogens with one attached hydrogen (secondary N) is 1. The van der Waals surface area contributed by atoms with Gasteiger partial charge in [-0.2, -0.15) is 0 Å². The lowest BCUT2D eigenvalue weighted by molar-refractivity contribution is -0.436. The molecule has 7 nitrogen and oxygen atoms in total. The predicted molar refractivity (Wildman–Crippen MR) is 34.3 cm³/mol.